The lowest BCUT2D eigenvalue weighted by molar-refractivity contribution is -0.137. The van der Waals surface area contributed by atoms with Gasteiger partial charge in [0.15, 0.2) is 0 Å². The number of unbranched alkanes of at least 4 members (excludes halogenated alkanes) is 1. The number of hydrogen-bond acceptors (Lipinski definition) is 5. The van der Waals surface area contributed by atoms with E-state index < -0.39 is 5.97 Å². The van der Waals surface area contributed by atoms with Crippen molar-refractivity contribution in [3.8, 4) is 0 Å². The standard InChI is InChI=1S/C19H25N5O3/c20-13-21-9-3-4-10-22-18-14-6-1-2-7-16(14)24-12-15(18)19(27)23-11-5-8-17(25)26/h1-2,6-7,12-13H,3-5,8-11H2,(H2,20,21)(H,22,24)(H,23,27)(H,25,26). The van der Waals surface area contributed by atoms with Gasteiger partial charge < -0.3 is 21.5 Å². The number of pyridine rings is 1. The van der Waals surface area contributed by atoms with Gasteiger partial charge in [0.1, 0.15) is 0 Å². The molecule has 0 saturated carbocycles. The van der Waals surface area contributed by atoms with Gasteiger partial charge in [-0.25, -0.2) is 0 Å². The van der Waals surface area contributed by atoms with E-state index in [0.29, 0.717) is 31.6 Å². The quantitative estimate of drug-likeness (QED) is 0.272. The lowest BCUT2D eigenvalue weighted by Gasteiger charge is -2.14. The average molecular weight is 371 g/mol. The number of nitrogens with two attached hydrogens (primary N) is 1. The van der Waals surface area contributed by atoms with Crippen molar-refractivity contribution >= 4 is 34.8 Å². The van der Waals surface area contributed by atoms with Gasteiger partial charge in [-0.15, -0.1) is 0 Å². The minimum atomic E-state index is -0.877. The van der Waals surface area contributed by atoms with E-state index in [2.05, 4.69) is 20.6 Å². The van der Waals surface area contributed by atoms with Crippen LogP contribution in [0.1, 0.15) is 36.0 Å². The Balaban J connectivity index is 2.09. The number of fused-ring (bicyclic) bond motifs is 1. The summed E-state index contributed by atoms with van der Waals surface area (Å²) in [5.41, 5.74) is 7.21. The molecular weight excluding hydrogens is 346 g/mol. The van der Waals surface area contributed by atoms with Crippen molar-refractivity contribution in [2.24, 2.45) is 10.7 Å². The molecule has 0 aliphatic rings. The van der Waals surface area contributed by atoms with Crippen LogP contribution in [0.2, 0.25) is 0 Å². The van der Waals surface area contributed by atoms with Crippen LogP contribution in [0.15, 0.2) is 35.5 Å². The number of carbonyl (C=O) groups is 2. The van der Waals surface area contributed by atoms with Crippen LogP contribution in [-0.2, 0) is 4.79 Å². The van der Waals surface area contributed by atoms with E-state index in [-0.39, 0.29) is 12.3 Å². The first-order valence-corrected chi connectivity index (χ1v) is 8.95. The normalized spacial score (nSPS) is 11.0. The van der Waals surface area contributed by atoms with Gasteiger partial charge in [0.2, 0.25) is 0 Å². The zero-order chi connectivity index (χ0) is 19.5. The van der Waals surface area contributed by atoms with E-state index in [0.717, 1.165) is 29.4 Å². The SMILES string of the molecule is NC=NCCCCNc1c(C(=O)NCCCC(=O)O)cnc2ccccc12. The molecule has 5 N–H and O–H groups in total. The number of aliphatic imine (C=N–C) groups is 1. The molecule has 0 radical (unpaired) electrons. The summed E-state index contributed by atoms with van der Waals surface area (Å²) >= 11 is 0. The van der Waals surface area contributed by atoms with Crippen LogP contribution in [0.5, 0.6) is 0 Å². The molecule has 0 aliphatic heterocycles. The van der Waals surface area contributed by atoms with Gasteiger partial charge in [0.05, 0.1) is 23.1 Å². The highest BCUT2D eigenvalue weighted by Crippen LogP contribution is 2.26. The molecule has 1 aromatic carbocycles. The van der Waals surface area contributed by atoms with Gasteiger partial charge in [-0.05, 0) is 25.3 Å². The molecule has 27 heavy (non-hydrogen) atoms. The number of benzene rings is 1. The number of carbonyl (C=O) groups excluding carboxylic acids is 1. The van der Waals surface area contributed by atoms with Gasteiger partial charge in [-0.2, -0.15) is 0 Å². The van der Waals surface area contributed by atoms with E-state index in [4.69, 9.17) is 10.8 Å². The van der Waals surface area contributed by atoms with Crippen LogP contribution < -0.4 is 16.4 Å². The second kappa shape index (κ2) is 10.7. The molecule has 1 aromatic heterocycles. The number of carboxylic acid groups (broad SMARTS) is 1. The summed E-state index contributed by atoms with van der Waals surface area (Å²) in [6, 6.07) is 7.62. The first kappa shape index (κ1) is 20.2. The van der Waals surface area contributed by atoms with Crippen LogP contribution in [0.3, 0.4) is 0 Å². The monoisotopic (exact) mass is 371 g/mol. The number of rotatable bonds is 11. The van der Waals surface area contributed by atoms with E-state index in [1.54, 1.807) is 6.20 Å². The lowest BCUT2D eigenvalue weighted by atomic mass is 10.1. The molecule has 1 heterocycles. The molecule has 0 saturated heterocycles. The Morgan fingerprint density at radius 2 is 2.00 bits per heavy atom. The molecule has 8 heteroatoms. The third kappa shape index (κ3) is 6.25. The minimum Gasteiger partial charge on any atom is -0.481 e. The number of aromatic nitrogens is 1. The number of anilines is 1. The van der Waals surface area contributed by atoms with Crippen LogP contribution in [0, 0.1) is 0 Å². The Hall–Kier alpha value is -3.16. The number of nitrogens with one attached hydrogen (secondary N) is 2. The predicted molar refractivity (Wildman–Crippen MR) is 106 cm³/mol. The van der Waals surface area contributed by atoms with E-state index in [9.17, 15) is 9.59 Å². The molecule has 8 nitrogen and oxygen atoms in total. The summed E-state index contributed by atoms with van der Waals surface area (Å²) in [7, 11) is 0. The smallest absolute Gasteiger partial charge is 0.303 e. The summed E-state index contributed by atoms with van der Waals surface area (Å²) < 4.78 is 0. The number of nitrogens with zero attached hydrogens (tertiary/aromatic N) is 2. The maximum atomic E-state index is 12.6. The number of carboxylic acids is 1. The van der Waals surface area contributed by atoms with Gasteiger partial charge in [-0.3, -0.25) is 19.6 Å². The predicted octanol–water partition coefficient (Wildman–Crippen LogP) is 2.01. The highest BCUT2D eigenvalue weighted by atomic mass is 16.4. The molecule has 1 amide bonds. The van der Waals surface area contributed by atoms with E-state index in [1.165, 1.54) is 6.34 Å². The van der Waals surface area contributed by atoms with Gasteiger partial charge in [0.25, 0.3) is 5.91 Å². The zero-order valence-corrected chi connectivity index (χ0v) is 15.1. The third-order valence-corrected chi connectivity index (χ3v) is 3.99. The van der Waals surface area contributed by atoms with Gasteiger partial charge >= 0.3 is 5.97 Å². The largest absolute Gasteiger partial charge is 0.481 e. The fraction of sp³-hybridized carbons (Fsp3) is 0.368. The summed E-state index contributed by atoms with van der Waals surface area (Å²) in [6.07, 6.45) is 5.03. The molecule has 2 rings (SSSR count). The fourth-order valence-electron chi connectivity index (χ4n) is 2.66. The Morgan fingerprint density at radius 1 is 1.19 bits per heavy atom. The van der Waals surface area contributed by atoms with Crippen molar-refractivity contribution in [3.05, 3.63) is 36.0 Å². The lowest BCUT2D eigenvalue weighted by Crippen LogP contribution is -2.26. The second-order valence-corrected chi connectivity index (χ2v) is 6.01. The van der Waals surface area contributed by atoms with Crippen molar-refractivity contribution in [2.45, 2.75) is 25.7 Å². The van der Waals surface area contributed by atoms with Gasteiger partial charge in [0, 0.05) is 37.6 Å². The molecule has 144 valence electrons. The maximum Gasteiger partial charge on any atom is 0.303 e. The Morgan fingerprint density at radius 3 is 2.78 bits per heavy atom. The van der Waals surface area contributed by atoms with Crippen molar-refractivity contribution < 1.29 is 14.7 Å². The Labute approximate surface area is 157 Å². The molecule has 0 bridgehead atoms. The molecule has 2 aromatic rings. The van der Waals surface area contributed by atoms with Crippen molar-refractivity contribution in [3.63, 3.8) is 0 Å². The highest BCUT2D eigenvalue weighted by Gasteiger charge is 2.15. The van der Waals surface area contributed by atoms with Crippen molar-refractivity contribution in [1.82, 2.24) is 10.3 Å². The topological polar surface area (TPSA) is 130 Å². The molecule has 0 fully saturated rings. The van der Waals surface area contributed by atoms with Gasteiger partial charge in [-0.1, -0.05) is 18.2 Å². The molecule has 0 spiro atoms. The van der Waals surface area contributed by atoms with Crippen LogP contribution in [0.4, 0.5) is 5.69 Å². The van der Waals surface area contributed by atoms with Crippen LogP contribution in [-0.4, -0.2) is 47.9 Å². The van der Waals surface area contributed by atoms with Crippen LogP contribution >= 0.6 is 0 Å². The first-order valence-electron chi connectivity index (χ1n) is 8.95. The Bertz CT molecular complexity index is 807. The molecule has 0 atom stereocenters. The average Bonchev–Trinajstić information content (AvgIpc) is 2.67. The summed E-state index contributed by atoms with van der Waals surface area (Å²) in [5.74, 6) is -1.15. The zero-order valence-electron chi connectivity index (χ0n) is 15.1. The van der Waals surface area contributed by atoms with Crippen molar-refractivity contribution in [2.75, 3.05) is 25.0 Å². The first-order chi connectivity index (χ1) is 13.1. The fourth-order valence-corrected chi connectivity index (χ4v) is 2.66. The number of amides is 1. The number of aliphatic carboxylic acids is 1. The van der Waals surface area contributed by atoms with E-state index in [1.807, 2.05) is 24.3 Å². The van der Waals surface area contributed by atoms with Crippen molar-refractivity contribution in [1.29, 1.82) is 0 Å². The second-order valence-electron chi connectivity index (χ2n) is 6.01. The highest BCUT2D eigenvalue weighted by molar-refractivity contribution is 6.07. The maximum absolute atomic E-state index is 12.6. The molecule has 0 unspecified atom stereocenters. The molecular formula is C19H25N5O3. The summed E-state index contributed by atoms with van der Waals surface area (Å²) in [4.78, 5) is 31.5. The number of para-hydroxylation sites is 1. The number of hydrogen-bond donors (Lipinski definition) is 4. The Kier molecular flexibility index (Phi) is 8.02. The van der Waals surface area contributed by atoms with Crippen LogP contribution in [0.25, 0.3) is 10.9 Å². The summed E-state index contributed by atoms with van der Waals surface area (Å²) in [5, 5.41) is 15.7. The summed E-state index contributed by atoms with van der Waals surface area (Å²) in [6.45, 7) is 1.66. The minimum absolute atomic E-state index is 0.0205. The molecule has 0 aliphatic carbocycles. The third-order valence-electron chi connectivity index (χ3n) is 3.99. The van der Waals surface area contributed by atoms with E-state index >= 15 is 0 Å².